The van der Waals surface area contributed by atoms with Crippen molar-refractivity contribution in [2.75, 3.05) is 26.2 Å². The summed E-state index contributed by atoms with van der Waals surface area (Å²) in [5.74, 6) is 0.114. The number of piperazine rings is 1. The minimum absolute atomic E-state index is 0.00362. The Bertz CT molecular complexity index is 655. The highest BCUT2D eigenvalue weighted by atomic mass is 35.5. The van der Waals surface area contributed by atoms with Gasteiger partial charge in [0.2, 0.25) is 15.9 Å². The molecule has 1 heterocycles. The van der Waals surface area contributed by atoms with Crippen molar-refractivity contribution >= 4 is 27.5 Å². The Kier molecular flexibility index (Phi) is 6.06. The molecule has 1 aliphatic rings. The summed E-state index contributed by atoms with van der Waals surface area (Å²) in [5.41, 5.74) is 0. The van der Waals surface area contributed by atoms with Gasteiger partial charge in [-0.25, -0.2) is 8.42 Å². The number of carbonyl (C=O) groups excluding carboxylic acids is 1. The average Bonchev–Trinajstić information content (AvgIpc) is 2.54. The van der Waals surface area contributed by atoms with E-state index in [1.807, 2.05) is 6.92 Å². The van der Waals surface area contributed by atoms with Gasteiger partial charge in [0.25, 0.3) is 0 Å². The molecule has 1 aliphatic heterocycles. The van der Waals surface area contributed by atoms with E-state index in [4.69, 9.17) is 11.6 Å². The molecule has 1 fully saturated rings. The number of sulfonamides is 1. The minimum atomic E-state index is -3.55. The second kappa shape index (κ2) is 7.64. The predicted octanol–water partition coefficient (Wildman–Crippen LogP) is 2.61. The summed E-state index contributed by atoms with van der Waals surface area (Å²) in [7, 11) is -3.55. The molecular formula is C16H23ClN2O3S. The van der Waals surface area contributed by atoms with E-state index in [9.17, 15) is 13.2 Å². The maximum absolute atomic E-state index is 12.6. The van der Waals surface area contributed by atoms with Crippen molar-refractivity contribution in [3.8, 4) is 0 Å². The molecule has 2 rings (SSSR count). The number of hydrogen-bond acceptors (Lipinski definition) is 3. The molecule has 1 aromatic carbocycles. The zero-order valence-corrected chi connectivity index (χ0v) is 15.1. The summed E-state index contributed by atoms with van der Waals surface area (Å²) in [6, 6.07) is 6.27. The molecular weight excluding hydrogens is 336 g/mol. The van der Waals surface area contributed by atoms with Gasteiger partial charge in [-0.2, -0.15) is 4.31 Å². The van der Waals surface area contributed by atoms with Gasteiger partial charge in [0.05, 0.1) is 4.90 Å². The molecule has 0 N–H and O–H groups in total. The minimum Gasteiger partial charge on any atom is -0.340 e. The lowest BCUT2D eigenvalue weighted by molar-refractivity contribution is -0.136. The molecule has 1 saturated heterocycles. The van der Waals surface area contributed by atoms with Crippen LogP contribution in [-0.2, 0) is 14.8 Å². The fourth-order valence-electron chi connectivity index (χ4n) is 2.79. The van der Waals surface area contributed by atoms with E-state index in [2.05, 4.69) is 6.92 Å². The lowest BCUT2D eigenvalue weighted by atomic mass is 10.0. The summed E-state index contributed by atoms with van der Waals surface area (Å²) in [5, 5.41) is 0.397. The molecule has 0 radical (unpaired) electrons. The first-order chi connectivity index (χ1) is 10.9. The van der Waals surface area contributed by atoms with Crippen LogP contribution in [-0.4, -0.2) is 49.7 Å². The smallest absolute Gasteiger partial charge is 0.243 e. The summed E-state index contributed by atoms with van der Waals surface area (Å²) in [6.07, 6.45) is 1.83. The highest BCUT2D eigenvalue weighted by Gasteiger charge is 2.31. The SMILES string of the molecule is CCCC(C)C(=O)N1CCN(S(=O)(=O)c2cccc(Cl)c2)CC1. The topological polar surface area (TPSA) is 57.7 Å². The third-order valence-electron chi connectivity index (χ3n) is 4.13. The molecule has 1 atom stereocenters. The van der Waals surface area contributed by atoms with Crippen molar-refractivity contribution in [2.45, 2.75) is 31.6 Å². The molecule has 0 aromatic heterocycles. The molecule has 7 heteroatoms. The Balaban J connectivity index is 2.02. The first-order valence-corrected chi connectivity index (χ1v) is 9.72. The van der Waals surface area contributed by atoms with Crippen molar-refractivity contribution in [3.05, 3.63) is 29.3 Å². The lowest BCUT2D eigenvalue weighted by Gasteiger charge is -2.35. The van der Waals surface area contributed by atoms with Gasteiger partial charge in [0.1, 0.15) is 0 Å². The molecule has 1 amide bonds. The van der Waals surface area contributed by atoms with E-state index >= 15 is 0 Å². The van der Waals surface area contributed by atoms with Gasteiger partial charge in [-0.15, -0.1) is 0 Å². The van der Waals surface area contributed by atoms with Crippen LogP contribution in [0.4, 0.5) is 0 Å². The van der Waals surface area contributed by atoms with Crippen molar-refractivity contribution in [1.29, 1.82) is 0 Å². The summed E-state index contributed by atoms with van der Waals surface area (Å²) in [4.78, 5) is 14.3. The second-order valence-electron chi connectivity index (χ2n) is 5.88. The summed E-state index contributed by atoms with van der Waals surface area (Å²) >= 11 is 5.88. The Morgan fingerprint density at radius 3 is 2.48 bits per heavy atom. The van der Waals surface area contributed by atoms with Gasteiger partial charge in [-0.1, -0.05) is 37.9 Å². The van der Waals surface area contributed by atoms with Crippen LogP contribution in [0.3, 0.4) is 0 Å². The van der Waals surface area contributed by atoms with Gasteiger partial charge in [0.15, 0.2) is 0 Å². The molecule has 23 heavy (non-hydrogen) atoms. The van der Waals surface area contributed by atoms with Crippen LogP contribution in [0.5, 0.6) is 0 Å². The molecule has 0 bridgehead atoms. The maximum Gasteiger partial charge on any atom is 0.243 e. The van der Waals surface area contributed by atoms with Gasteiger partial charge < -0.3 is 4.90 Å². The zero-order chi connectivity index (χ0) is 17.0. The zero-order valence-electron chi connectivity index (χ0n) is 13.5. The maximum atomic E-state index is 12.6. The second-order valence-corrected chi connectivity index (χ2v) is 8.25. The van der Waals surface area contributed by atoms with E-state index in [0.29, 0.717) is 31.2 Å². The molecule has 0 aliphatic carbocycles. The average molecular weight is 359 g/mol. The third kappa shape index (κ3) is 4.25. The van der Waals surface area contributed by atoms with Crippen LogP contribution in [0.25, 0.3) is 0 Å². The lowest BCUT2D eigenvalue weighted by Crippen LogP contribution is -2.51. The van der Waals surface area contributed by atoms with E-state index in [1.54, 1.807) is 23.1 Å². The Morgan fingerprint density at radius 1 is 1.26 bits per heavy atom. The van der Waals surface area contributed by atoms with Gasteiger partial charge >= 0.3 is 0 Å². The van der Waals surface area contributed by atoms with Crippen molar-refractivity contribution < 1.29 is 13.2 Å². The number of halogens is 1. The molecule has 5 nitrogen and oxygen atoms in total. The van der Waals surface area contributed by atoms with E-state index < -0.39 is 10.0 Å². The molecule has 128 valence electrons. The van der Waals surface area contributed by atoms with E-state index in [-0.39, 0.29) is 16.7 Å². The predicted molar refractivity (Wildman–Crippen MR) is 90.9 cm³/mol. The monoisotopic (exact) mass is 358 g/mol. The van der Waals surface area contributed by atoms with Crippen LogP contribution in [0.15, 0.2) is 29.2 Å². The Morgan fingerprint density at radius 2 is 1.91 bits per heavy atom. The van der Waals surface area contributed by atoms with Crippen molar-refractivity contribution in [2.24, 2.45) is 5.92 Å². The van der Waals surface area contributed by atoms with Crippen LogP contribution in [0, 0.1) is 5.92 Å². The Hall–Kier alpha value is -1.11. The van der Waals surface area contributed by atoms with Crippen LogP contribution >= 0.6 is 11.6 Å². The standard InChI is InChI=1S/C16H23ClN2O3S/c1-3-5-13(2)16(20)18-8-10-19(11-9-18)23(21,22)15-7-4-6-14(17)12-15/h4,6-7,12-13H,3,5,8-11H2,1-2H3. The number of benzene rings is 1. The fraction of sp³-hybridized carbons (Fsp3) is 0.562. The van der Waals surface area contributed by atoms with Gasteiger partial charge in [0, 0.05) is 37.1 Å². The largest absolute Gasteiger partial charge is 0.340 e. The fourth-order valence-corrected chi connectivity index (χ4v) is 4.52. The third-order valence-corrected chi connectivity index (χ3v) is 6.26. The molecule has 1 unspecified atom stereocenters. The first-order valence-electron chi connectivity index (χ1n) is 7.90. The molecule has 0 saturated carbocycles. The number of hydrogen-bond donors (Lipinski definition) is 0. The summed E-state index contributed by atoms with van der Waals surface area (Å²) < 4.78 is 26.7. The quantitative estimate of drug-likeness (QED) is 0.813. The number of carbonyl (C=O) groups is 1. The normalized spacial score (nSPS) is 18.0. The molecule has 0 spiro atoms. The van der Waals surface area contributed by atoms with Crippen molar-refractivity contribution in [3.63, 3.8) is 0 Å². The van der Waals surface area contributed by atoms with E-state index in [0.717, 1.165) is 12.8 Å². The highest BCUT2D eigenvalue weighted by molar-refractivity contribution is 7.89. The molecule has 1 aromatic rings. The van der Waals surface area contributed by atoms with Crippen molar-refractivity contribution in [1.82, 2.24) is 9.21 Å². The number of amides is 1. The highest BCUT2D eigenvalue weighted by Crippen LogP contribution is 2.21. The summed E-state index contributed by atoms with van der Waals surface area (Å²) in [6.45, 7) is 5.50. The number of nitrogens with zero attached hydrogens (tertiary/aromatic N) is 2. The van der Waals surface area contributed by atoms with Crippen LogP contribution in [0.1, 0.15) is 26.7 Å². The first kappa shape index (κ1) is 18.2. The van der Waals surface area contributed by atoms with Crippen LogP contribution < -0.4 is 0 Å². The Labute approximate surface area is 143 Å². The van der Waals surface area contributed by atoms with Gasteiger partial charge in [-0.05, 0) is 24.6 Å². The van der Waals surface area contributed by atoms with Crippen LogP contribution in [0.2, 0.25) is 5.02 Å². The van der Waals surface area contributed by atoms with E-state index in [1.165, 1.54) is 10.4 Å². The number of rotatable bonds is 5. The van der Waals surface area contributed by atoms with Gasteiger partial charge in [-0.3, -0.25) is 4.79 Å².